The summed E-state index contributed by atoms with van der Waals surface area (Å²) >= 11 is 3.35. The topological polar surface area (TPSA) is 72.7 Å². The van der Waals surface area contributed by atoms with Gasteiger partial charge in [-0.2, -0.15) is 5.10 Å². The van der Waals surface area contributed by atoms with Crippen molar-refractivity contribution >= 4 is 27.5 Å². The van der Waals surface area contributed by atoms with Gasteiger partial charge in [-0.1, -0.05) is 22.0 Å². The number of hydrogen-bond acceptors (Lipinski definition) is 4. The third-order valence-electron chi connectivity index (χ3n) is 2.76. The van der Waals surface area contributed by atoms with Crippen LogP contribution in [0.25, 0.3) is 5.82 Å². The second-order valence-electron chi connectivity index (χ2n) is 4.18. The number of nitrogens with one attached hydrogen (secondary N) is 1. The number of pyridine rings is 1. The van der Waals surface area contributed by atoms with Crippen LogP contribution in [0.15, 0.2) is 59.7 Å². The van der Waals surface area contributed by atoms with Crippen molar-refractivity contribution in [2.24, 2.45) is 0 Å². The van der Waals surface area contributed by atoms with Gasteiger partial charge in [-0.05, 0) is 30.3 Å². The van der Waals surface area contributed by atoms with Gasteiger partial charge >= 0.3 is 0 Å². The molecule has 1 amide bonds. The van der Waals surface area contributed by atoms with Gasteiger partial charge in [0, 0.05) is 16.2 Å². The second kappa shape index (κ2) is 5.84. The van der Waals surface area contributed by atoms with Crippen molar-refractivity contribution in [3.63, 3.8) is 0 Å². The second-order valence-corrected chi connectivity index (χ2v) is 5.09. The average molecular weight is 344 g/mol. The molecule has 1 aromatic carbocycles. The quantitative estimate of drug-likeness (QED) is 0.793. The van der Waals surface area contributed by atoms with Crippen LogP contribution in [0.2, 0.25) is 0 Å². The van der Waals surface area contributed by atoms with Crippen molar-refractivity contribution in [2.45, 2.75) is 0 Å². The highest BCUT2D eigenvalue weighted by molar-refractivity contribution is 9.10. The smallest absolute Gasteiger partial charge is 0.255 e. The lowest BCUT2D eigenvalue weighted by molar-refractivity contribution is 0.102. The van der Waals surface area contributed by atoms with Gasteiger partial charge in [0.1, 0.15) is 12.7 Å². The first-order chi connectivity index (χ1) is 10.2. The first-order valence-electron chi connectivity index (χ1n) is 6.11. The molecule has 3 rings (SSSR count). The van der Waals surface area contributed by atoms with Crippen molar-refractivity contribution < 1.29 is 4.79 Å². The zero-order valence-corrected chi connectivity index (χ0v) is 12.4. The number of aromatic nitrogens is 4. The van der Waals surface area contributed by atoms with E-state index in [0.717, 1.165) is 4.47 Å². The zero-order chi connectivity index (χ0) is 14.7. The molecular weight excluding hydrogens is 334 g/mol. The Morgan fingerprint density at radius 2 is 2.14 bits per heavy atom. The number of benzene rings is 1. The average Bonchev–Trinajstić information content (AvgIpc) is 3.02. The molecule has 2 aromatic heterocycles. The van der Waals surface area contributed by atoms with Crippen molar-refractivity contribution in [3.05, 3.63) is 65.3 Å². The molecule has 0 aliphatic rings. The van der Waals surface area contributed by atoms with Crippen molar-refractivity contribution in [1.29, 1.82) is 0 Å². The summed E-state index contributed by atoms with van der Waals surface area (Å²) in [7, 11) is 0. The van der Waals surface area contributed by atoms with Crippen LogP contribution in [0.1, 0.15) is 10.4 Å². The number of halogens is 1. The monoisotopic (exact) mass is 343 g/mol. The molecule has 7 heteroatoms. The van der Waals surface area contributed by atoms with E-state index in [2.05, 4.69) is 36.3 Å². The fourth-order valence-corrected chi connectivity index (χ4v) is 2.22. The minimum atomic E-state index is -0.217. The summed E-state index contributed by atoms with van der Waals surface area (Å²) in [5, 5.41) is 6.86. The summed E-state index contributed by atoms with van der Waals surface area (Å²) in [6.07, 6.45) is 4.57. The normalized spacial score (nSPS) is 10.3. The maximum absolute atomic E-state index is 12.3. The summed E-state index contributed by atoms with van der Waals surface area (Å²) in [6.45, 7) is 0. The van der Waals surface area contributed by atoms with Crippen LogP contribution in [0.3, 0.4) is 0 Å². The highest BCUT2D eigenvalue weighted by Gasteiger charge is 2.11. The Labute approximate surface area is 129 Å². The van der Waals surface area contributed by atoms with Crippen molar-refractivity contribution in [2.75, 3.05) is 5.32 Å². The summed E-state index contributed by atoms with van der Waals surface area (Å²) in [5.41, 5.74) is 1.12. The number of nitrogens with zero attached hydrogens (tertiary/aromatic N) is 4. The van der Waals surface area contributed by atoms with E-state index in [1.165, 1.54) is 17.3 Å². The minimum absolute atomic E-state index is 0.217. The van der Waals surface area contributed by atoms with E-state index in [1.54, 1.807) is 36.5 Å². The highest BCUT2D eigenvalue weighted by Crippen LogP contribution is 2.18. The summed E-state index contributed by atoms with van der Waals surface area (Å²) < 4.78 is 2.34. The first-order valence-corrected chi connectivity index (χ1v) is 6.90. The van der Waals surface area contributed by atoms with Gasteiger partial charge in [-0.25, -0.2) is 14.6 Å². The molecule has 3 aromatic rings. The van der Waals surface area contributed by atoms with Gasteiger partial charge in [0.25, 0.3) is 5.91 Å². The van der Waals surface area contributed by atoms with Crippen LogP contribution in [0, 0.1) is 0 Å². The molecule has 104 valence electrons. The molecular formula is C14H10BrN5O. The molecule has 0 aliphatic carbocycles. The number of carbonyl (C=O) groups is 1. The molecule has 6 nitrogen and oxygen atoms in total. The lowest BCUT2D eigenvalue weighted by Gasteiger charge is -2.09. The van der Waals surface area contributed by atoms with E-state index in [4.69, 9.17) is 0 Å². The Morgan fingerprint density at radius 1 is 1.24 bits per heavy atom. The molecule has 0 aliphatic heterocycles. The standard InChI is InChI=1S/C14H10BrN5O/c15-11-4-1-3-10(7-11)14(21)19-12-5-2-6-17-13(12)20-9-16-8-18-20/h1-9H,(H,19,21). The van der Waals surface area contributed by atoms with Gasteiger partial charge in [0.2, 0.25) is 0 Å². The molecule has 2 heterocycles. The molecule has 0 radical (unpaired) electrons. The number of rotatable bonds is 3. The summed E-state index contributed by atoms with van der Waals surface area (Å²) in [4.78, 5) is 20.4. The fourth-order valence-electron chi connectivity index (χ4n) is 1.82. The van der Waals surface area contributed by atoms with Crippen LogP contribution >= 0.6 is 15.9 Å². The number of anilines is 1. The van der Waals surface area contributed by atoms with Crippen LogP contribution < -0.4 is 5.32 Å². The summed E-state index contributed by atoms with van der Waals surface area (Å²) in [5.74, 6) is 0.295. The van der Waals surface area contributed by atoms with E-state index >= 15 is 0 Å². The Hall–Kier alpha value is -2.54. The van der Waals surface area contributed by atoms with E-state index < -0.39 is 0 Å². The molecule has 0 unspecified atom stereocenters. The zero-order valence-electron chi connectivity index (χ0n) is 10.8. The molecule has 0 spiro atoms. The van der Waals surface area contributed by atoms with Gasteiger partial charge in [0.05, 0.1) is 5.69 Å². The van der Waals surface area contributed by atoms with Gasteiger partial charge < -0.3 is 5.32 Å². The largest absolute Gasteiger partial charge is 0.319 e. The van der Waals surface area contributed by atoms with Crippen molar-refractivity contribution in [3.8, 4) is 5.82 Å². The molecule has 21 heavy (non-hydrogen) atoms. The first kappa shape index (κ1) is 13.4. The van der Waals surface area contributed by atoms with Crippen molar-refractivity contribution in [1.82, 2.24) is 19.7 Å². The predicted molar refractivity (Wildman–Crippen MR) is 81.2 cm³/mol. The van der Waals surface area contributed by atoms with Crippen LogP contribution in [-0.2, 0) is 0 Å². The molecule has 0 saturated heterocycles. The van der Waals surface area contributed by atoms with Crippen LogP contribution in [0.4, 0.5) is 5.69 Å². The molecule has 0 fully saturated rings. The maximum atomic E-state index is 12.3. The molecule has 1 N–H and O–H groups in total. The Balaban J connectivity index is 1.90. The maximum Gasteiger partial charge on any atom is 0.255 e. The van der Waals surface area contributed by atoms with E-state index in [9.17, 15) is 4.79 Å². The van der Waals surface area contributed by atoms with E-state index in [-0.39, 0.29) is 5.91 Å². The van der Waals surface area contributed by atoms with Gasteiger partial charge in [-0.15, -0.1) is 0 Å². The third kappa shape index (κ3) is 2.97. The molecule has 0 bridgehead atoms. The molecule has 0 atom stereocenters. The van der Waals surface area contributed by atoms with E-state index in [0.29, 0.717) is 17.1 Å². The minimum Gasteiger partial charge on any atom is -0.319 e. The lowest BCUT2D eigenvalue weighted by atomic mass is 10.2. The van der Waals surface area contributed by atoms with Gasteiger partial charge in [0.15, 0.2) is 5.82 Å². The lowest BCUT2D eigenvalue weighted by Crippen LogP contribution is -2.14. The Morgan fingerprint density at radius 3 is 2.90 bits per heavy atom. The summed E-state index contributed by atoms with van der Waals surface area (Å²) in [6, 6.07) is 10.7. The predicted octanol–water partition coefficient (Wildman–Crippen LogP) is 2.68. The van der Waals surface area contributed by atoms with Crippen LogP contribution in [-0.4, -0.2) is 25.7 Å². The molecule has 0 saturated carbocycles. The Bertz CT molecular complexity index is 773. The highest BCUT2D eigenvalue weighted by atomic mass is 79.9. The third-order valence-corrected chi connectivity index (χ3v) is 3.25. The number of hydrogen-bond donors (Lipinski definition) is 1. The fraction of sp³-hybridized carbons (Fsp3) is 0. The van der Waals surface area contributed by atoms with Gasteiger partial charge in [-0.3, -0.25) is 4.79 Å². The Kier molecular flexibility index (Phi) is 3.74. The van der Waals surface area contributed by atoms with E-state index in [1.807, 2.05) is 6.07 Å². The number of amides is 1. The number of carbonyl (C=O) groups excluding carboxylic acids is 1. The van der Waals surface area contributed by atoms with Crippen LogP contribution in [0.5, 0.6) is 0 Å². The SMILES string of the molecule is O=C(Nc1cccnc1-n1cncn1)c1cccc(Br)c1.